The Balaban J connectivity index is 1.33. The van der Waals surface area contributed by atoms with Crippen LogP contribution in [0, 0.1) is 5.92 Å². The van der Waals surface area contributed by atoms with Gasteiger partial charge in [0.25, 0.3) is 5.91 Å². The van der Waals surface area contributed by atoms with Crippen LogP contribution in [0.15, 0.2) is 48.5 Å². The Hall–Kier alpha value is -2.57. The fourth-order valence-corrected chi connectivity index (χ4v) is 4.26. The maximum absolute atomic E-state index is 12.4. The second kappa shape index (κ2) is 11.9. The molecule has 2 aromatic rings. The van der Waals surface area contributed by atoms with E-state index >= 15 is 0 Å². The quantitative estimate of drug-likeness (QED) is 0.610. The molecule has 2 aromatic carbocycles. The molecular formula is C24H27Cl2N3O3. The molecule has 1 saturated heterocycles. The number of likely N-dealkylation sites (tertiary alicyclic amines) is 1. The van der Waals surface area contributed by atoms with Crippen LogP contribution in [0.2, 0.25) is 10.0 Å². The number of benzene rings is 2. The molecule has 1 aliphatic rings. The van der Waals surface area contributed by atoms with E-state index < -0.39 is 11.8 Å². The minimum atomic E-state index is -0.481. The molecule has 0 aliphatic carbocycles. The molecule has 3 amide bonds. The zero-order valence-corrected chi connectivity index (χ0v) is 19.3. The van der Waals surface area contributed by atoms with Crippen LogP contribution in [0.4, 0.5) is 0 Å². The lowest BCUT2D eigenvalue weighted by atomic mass is 9.90. The molecule has 1 heterocycles. The van der Waals surface area contributed by atoms with Gasteiger partial charge in [-0.2, -0.15) is 0 Å². The van der Waals surface area contributed by atoms with Crippen molar-refractivity contribution in [3.8, 4) is 0 Å². The van der Waals surface area contributed by atoms with Crippen LogP contribution in [-0.4, -0.2) is 48.8 Å². The molecule has 0 saturated carbocycles. The molecule has 0 bridgehead atoms. The number of carbonyl (C=O) groups excluding carboxylic acids is 3. The Kier molecular flexibility index (Phi) is 8.94. The Bertz CT molecular complexity index is 945. The zero-order valence-electron chi connectivity index (χ0n) is 17.8. The molecule has 0 radical (unpaired) electrons. The van der Waals surface area contributed by atoms with E-state index in [1.54, 1.807) is 11.0 Å². The average Bonchev–Trinajstić information content (AvgIpc) is 2.80. The molecule has 1 fully saturated rings. The summed E-state index contributed by atoms with van der Waals surface area (Å²) < 4.78 is 0. The first-order chi connectivity index (χ1) is 15.4. The van der Waals surface area contributed by atoms with Crippen LogP contribution < -0.4 is 10.6 Å². The van der Waals surface area contributed by atoms with E-state index in [1.807, 2.05) is 6.07 Å². The molecule has 2 N–H and O–H groups in total. The van der Waals surface area contributed by atoms with E-state index in [4.69, 9.17) is 23.2 Å². The number of nitrogens with one attached hydrogen (secondary N) is 2. The van der Waals surface area contributed by atoms with Crippen LogP contribution in [0.5, 0.6) is 0 Å². The third-order valence-electron chi connectivity index (χ3n) is 5.67. The maximum Gasteiger partial charge on any atom is 0.253 e. The highest BCUT2D eigenvalue weighted by Gasteiger charge is 2.23. The van der Waals surface area contributed by atoms with Gasteiger partial charge in [0.05, 0.1) is 23.7 Å². The van der Waals surface area contributed by atoms with Crippen molar-refractivity contribution in [1.29, 1.82) is 0 Å². The number of carbonyl (C=O) groups is 3. The van der Waals surface area contributed by atoms with Gasteiger partial charge in [-0.3, -0.25) is 14.4 Å². The van der Waals surface area contributed by atoms with Crippen LogP contribution in [0.3, 0.4) is 0 Å². The number of hydrogen-bond acceptors (Lipinski definition) is 3. The summed E-state index contributed by atoms with van der Waals surface area (Å²) in [6.07, 6.45) is 4.14. The van der Waals surface area contributed by atoms with Crippen molar-refractivity contribution in [2.24, 2.45) is 5.92 Å². The molecule has 6 nitrogen and oxygen atoms in total. The minimum Gasteiger partial charge on any atom is -0.345 e. The number of halogens is 2. The van der Waals surface area contributed by atoms with Crippen LogP contribution in [0.25, 0.3) is 0 Å². The van der Waals surface area contributed by atoms with Crippen molar-refractivity contribution in [2.75, 3.05) is 26.2 Å². The molecule has 3 rings (SSSR count). The summed E-state index contributed by atoms with van der Waals surface area (Å²) in [4.78, 5) is 38.4. The summed E-state index contributed by atoms with van der Waals surface area (Å²) >= 11 is 11.8. The average molecular weight is 476 g/mol. The highest BCUT2D eigenvalue weighted by atomic mass is 35.5. The first-order valence-electron chi connectivity index (χ1n) is 10.7. The molecule has 0 spiro atoms. The lowest BCUT2D eigenvalue weighted by Crippen LogP contribution is -2.46. The van der Waals surface area contributed by atoms with Crippen molar-refractivity contribution >= 4 is 40.9 Å². The van der Waals surface area contributed by atoms with Crippen LogP contribution in [-0.2, 0) is 16.0 Å². The van der Waals surface area contributed by atoms with Gasteiger partial charge in [0.2, 0.25) is 11.8 Å². The van der Waals surface area contributed by atoms with E-state index in [-0.39, 0.29) is 29.6 Å². The van der Waals surface area contributed by atoms with Gasteiger partial charge in [-0.05, 0) is 55.4 Å². The summed E-state index contributed by atoms with van der Waals surface area (Å²) in [5, 5.41) is 5.69. The SMILES string of the molecule is O=C(CNC(=O)c1ccc(Cl)cc1Cl)NCC(=O)N1CCC(CCc2ccccc2)CC1. The first-order valence-corrected chi connectivity index (χ1v) is 11.5. The highest BCUT2D eigenvalue weighted by molar-refractivity contribution is 6.36. The summed E-state index contributed by atoms with van der Waals surface area (Å²) in [7, 11) is 0. The summed E-state index contributed by atoms with van der Waals surface area (Å²) in [6, 6.07) is 14.9. The summed E-state index contributed by atoms with van der Waals surface area (Å²) in [6.45, 7) is 1.09. The van der Waals surface area contributed by atoms with Gasteiger partial charge in [-0.15, -0.1) is 0 Å². The van der Waals surface area contributed by atoms with Crippen LogP contribution in [0.1, 0.15) is 35.2 Å². The predicted molar refractivity (Wildman–Crippen MR) is 126 cm³/mol. The highest BCUT2D eigenvalue weighted by Crippen LogP contribution is 2.23. The van der Waals surface area contributed by atoms with Crippen molar-refractivity contribution in [3.63, 3.8) is 0 Å². The van der Waals surface area contributed by atoms with E-state index in [9.17, 15) is 14.4 Å². The van der Waals surface area contributed by atoms with Gasteiger partial charge >= 0.3 is 0 Å². The predicted octanol–water partition coefficient (Wildman–Crippen LogP) is 3.71. The standard InChI is InChI=1S/C24H27Cl2N3O3/c25-19-8-9-20(21(26)14-19)24(32)28-15-22(30)27-16-23(31)29-12-10-18(11-13-29)7-6-17-4-2-1-3-5-17/h1-5,8-9,14,18H,6-7,10-13,15-16H2,(H,27,30)(H,28,32). The Morgan fingerprint density at radius 2 is 1.66 bits per heavy atom. The smallest absolute Gasteiger partial charge is 0.253 e. The lowest BCUT2D eigenvalue weighted by Gasteiger charge is -2.32. The topological polar surface area (TPSA) is 78.5 Å². The van der Waals surface area contributed by atoms with Crippen molar-refractivity contribution < 1.29 is 14.4 Å². The molecule has 8 heteroatoms. The van der Waals surface area contributed by atoms with Gasteiger partial charge in [-0.25, -0.2) is 0 Å². The molecule has 170 valence electrons. The van der Waals surface area contributed by atoms with E-state index in [0.717, 1.165) is 25.7 Å². The maximum atomic E-state index is 12.4. The van der Waals surface area contributed by atoms with Gasteiger partial charge in [-0.1, -0.05) is 53.5 Å². The molecule has 0 aromatic heterocycles. The van der Waals surface area contributed by atoms with Crippen molar-refractivity contribution in [1.82, 2.24) is 15.5 Å². The number of hydrogen-bond donors (Lipinski definition) is 2. The third kappa shape index (κ3) is 7.24. The second-order valence-electron chi connectivity index (χ2n) is 7.93. The van der Waals surface area contributed by atoms with E-state index in [1.165, 1.54) is 17.7 Å². The largest absolute Gasteiger partial charge is 0.345 e. The van der Waals surface area contributed by atoms with E-state index in [0.29, 0.717) is 24.0 Å². The third-order valence-corrected chi connectivity index (χ3v) is 6.22. The van der Waals surface area contributed by atoms with Gasteiger partial charge in [0.1, 0.15) is 0 Å². The van der Waals surface area contributed by atoms with Gasteiger partial charge in [0.15, 0.2) is 0 Å². The fraction of sp³-hybridized carbons (Fsp3) is 0.375. The molecule has 32 heavy (non-hydrogen) atoms. The molecule has 1 aliphatic heterocycles. The Labute approximate surface area is 198 Å². The molecule has 0 atom stereocenters. The van der Waals surface area contributed by atoms with Crippen molar-refractivity contribution in [2.45, 2.75) is 25.7 Å². The van der Waals surface area contributed by atoms with Gasteiger partial charge < -0.3 is 15.5 Å². The Morgan fingerprint density at radius 3 is 2.34 bits per heavy atom. The number of rotatable bonds is 8. The number of amides is 3. The zero-order chi connectivity index (χ0) is 22.9. The summed E-state index contributed by atoms with van der Waals surface area (Å²) in [5.41, 5.74) is 1.58. The fourth-order valence-electron chi connectivity index (χ4n) is 3.76. The minimum absolute atomic E-state index is 0.0783. The first kappa shape index (κ1) is 24.1. The van der Waals surface area contributed by atoms with Gasteiger partial charge in [0, 0.05) is 18.1 Å². The summed E-state index contributed by atoms with van der Waals surface area (Å²) in [5.74, 6) is -0.407. The van der Waals surface area contributed by atoms with E-state index in [2.05, 4.69) is 34.9 Å². The normalized spacial score (nSPS) is 14.1. The Morgan fingerprint density at radius 1 is 0.938 bits per heavy atom. The monoisotopic (exact) mass is 475 g/mol. The molecule has 0 unspecified atom stereocenters. The second-order valence-corrected chi connectivity index (χ2v) is 8.78. The number of aryl methyl sites for hydroxylation is 1. The molecular weight excluding hydrogens is 449 g/mol. The lowest BCUT2D eigenvalue weighted by molar-refractivity contribution is -0.133. The number of nitrogens with zero attached hydrogens (tertiary/aromatic N) is 1. The number of piperidine rings is 1. The van der Waals surface area contributed by atoms with Crippen molar-refractivity contribution in [3.05, 3.63) is 69.7 Å². The van der Waals surface area contributed by atoms with Crippen LogP contribution >= 0.6 is 23.2 Å².